The Morgan fingerprint density at radius 2 is 2.00 bits per heavy atom. The number of furan rings is 1. The molecule has 0 amide bonds. The lowest BCUT2D eigenvalue weighted by atomic mass is 10.3. The van der Waals surface area contributed by atoms with Gasteiger partial charge in [0.25, 0.3) is 0 Å². The van der Waals surface area contributed by atoms with E-state index in [1.54, 1.807) is 12.1 Å². The molecule has 0 spiro atoms. The van der Waals surface area contributed by atoms with Gasteiger partial charge in [-0.1, -0.05) is 0 Å². The summed E-state index contributed by atoms with van der Waals surface area (Å²) in [4.78, 5) is 0. The molecule has 0 aliphatic heterocycles. The molecule has 1 aromatic heterocycles. The molecule has 0 aliphatic carbocycles. The molecular weight excluding hydrogens is 214 g/mol. The lowest BCUT2D eigenvalue weighted by Gasteiger charge is -2.04. The highest BCUT2D eigenvalue weighted by Gasteiger charge is 2.06. The Labute approximate surface area is 91.5 Å². The number of benzene rings is 1. The summed E-state index contributed by atoms with van der Waals surface area (Å²) in [6, 6.07) is 6.71. The van der Waals surface area contributed by atoms with E-state index in [1.165, 1.54) is 6.07 Å². The first-order valence-electron chi connectivity index (χ1n) is 4.78. The molecule has 0 saturated heterocycles. The highest BCUT2D eigenvalue weighted by Crippen LogP contribution is 2.19. The first-order chi connectivity index (χ1) is 7.65. The molecule has 1 aromatic carbocycles. The predicted octanol–water partition coefficient (Wildman–Crippen LogP) is 3.45. The normalized spacial score (nSPS) is 10.4. The van der Waals surface area contributed by atoms with Crippen molar-refractivity contribution in [3.63, 3.8) is 0 Å². The van der Waals surface area contributed by atoms with Gasteiger partial charge >= 0.3 is 0 Å². The van der Waals surface area contributed by atoms with Crippen LogP contribution in [0.15, 0.2) is 34.7 Å². The van der Waals surface area contributed by atoms with Gasteiger partial charge < -0.3 is 9.15 Å². The van der Waals surface area contributed by atoms with E-state index in [0.717, 1.165) is 17.9 Å². The van der Waals surface area contributed by atoms with Crippen LogP contribution in [0.2, 0.25) is 0 Å². The van der Waals surface area contributed by atoms with Crippen LogP contribution in [-0.4, -0.2) is 0 Å². The van der Waals surface area contributed by atoms with Crippen molar-refractivity contribution >= 4 is 0 Å². The minimum atomic E-state index is -0.719. The van der Waals surface area contributed by atoms with Crippen molar-refractivity contribution in [1.82, 2.24) is 0 Å². The minimum Gasteiger partial charge on any atom is -0.483 e. The van der Waals surface area contributed by atoms with Gasteiger partial charge in [0.05, 0.1) is 0 Å². The highest BCUT2D eigenvalue weighted by molar-refractivity contribution is 5.24. The Hall–Kier alpha value is -1.84. The Morgan fingerprint density at radius 1 is 1.19 bits per heavy atom. The fraction of sp³-hybridized carbons (Fsp3) is 0.167. The second-order valence-corrected chi connectivity index (χ2v) is 3.38. The van der Waals surface area contributed by atoms with Crippen molar-refractivity contribution in [2.45, 2.75) is 13.5 Å². The standard InChI is InChI=1S/C12H10F2O2/c1-8-2-4-10(16-8)7-15-12-5-3-9(13)6-11(12)14/h2-6H,7H2,1H3. The van der Waals surface area contributed by atoms with Crippen molar-refractivity contribution in [2.75, 3.05) is 0 Å². The van der Waals surface area contributed by atoms with Gasteiger partial charge in [-0.05, 0) is 31.2 Å². The molecule has 0 atom stereocenters. The predicted molar refractivity (Wildman–Crippen MR) is 54.1 cm³/mol. The maximum atomic E-state index is 13.2. The zero-order valence-electron chi connectivity index (χ0n) is 8.67. The summed E-state index contributed by atoms with van der Waals surface area (Å²) in [5.41, 5.74) is 0. The number of rotatable bonds is 3. The Balaban J connectivity index is 2.04. The maximum absolute atomic E-state index is 13.2. The number of ether oxygens (including phenoxy) is 1. The zero-order valence-corrected chi connectivity index (χ0v) is 8.67. The molecule has 1 heterocycles. The molecule has 2 nitrogen and oxygen atoms in total. The number of hydrogen-bond acceptors (Lipinski definition) is 2. The third kappa shape index (κ3) is 2.39. The van der Waals surface area contributed by atoms with Crippen LogP contribution in [0.5, 0.6) is 5.75 Å². The van der Waals surface area contributed by atoms with E-state index in [2.05, 4.69) is 0 Å². The third-order valence-corrected chi connectivity index (χ3v) is 2.06. The average molecular weight is 224 g/mol. The summed E-state index contributed by atoms with van der Waals surface area (Å²) in [7, 11) is 0. The zero-order chi connectivity index (χ0) is 11.5. The summed E-state index contributed by atoms with van der Waals surface area (Å²) in [6.45, 7) is 1.93. The Kier molecular flexibility index (Phi) is 2.90. The van der Waals surface area contributed by atoms with Crippen molar-refractivity contribution in [3.05, 3.63) is 53.5 Å². The summed E-state index contributed by atoms with van der Waals surface area (Å²) < 4.78 is 36.2. The van der Waals surface area contributed by atoms with Crippen molar-refractivity contribution in [3.8, 4) is 5.75 Å². The van der Waals surface area contributed by atoms with Crippen LogP contribution >= 0.6 is 0 Å². The van der Waals surface area contributed by atoms with E-state index in [-0.39, 0.29) is 12.4 Å². The van der Waals surface area contributed by atoms with E-state index in [1.807, 2.05) is 6.92 Å². The molecule has 0 saturated carbocycles. The van der Waals surface area contributed by atoms with Crippen LogP contribution in [0.4, 0.5) is 8.78 Å². The molecule has 2 rings (SSSR count). The summed E-state index contributed by atoms with van der Waals surface area (Å²) in [5, 5.41) is 0. The van der Waals surface area contributed by atoms with Gasteiger partial charge in [-0.3, -0.25) is 0 Å². The smallest absolute Gasteiger partial charge is 0.167 e. The van der Waals surface area contributed by atoms with E-state index >= 15 is 0 Å². The quantitative estimate of drug-likeness (QED) is 0.796. The molecule has 0 N–H and O–H groups in total. The van der Waals surface area contributed by atoms with Gasteiger partial charge in [0.15, 0.2) is 11.6 Å². The van der Waals surface area contributed by atoms with Crippen LogP contribution in [0.25, 0.3) is 0 Å². The summed E-state index contributed by atoms with van der Waals surface area (Å²) in [5.74, 6) is 0.0248. The minimum absolute atomic E-state index is 0.00968. The van der Waals surface area contributed by atoms with Gasteiger partial charge in [-0.15, -0.1) is 0 Å². The molecule has 0 radical (unpaired) electrons. The molecule has 0 aliphatic rings. The first-order valence-corrected chi connectivity index (χ1v) is 4.78. The lowest BCUT2D eigenvalue weighted by molar-refractivity contribution is 0.255. The second-order valence-electron chi connectivity index (χ2n) is 3.38. The largest absolute Gasteiger partial charge is 0.483 e. The number of halogens is 2. The topological polar surface area (TPSA) is 22.4 Å². The molecule has 2 aromatic rings. The third-order valence-electron chi connectivity index (χ3n) is 2.06. The second kappa shape index (κ2) is 4.35. The van der Waals surface area contributed by atoms with Crippen molar-refractivity contribution in [1.29, 1.82) is 0 Å². The molecule has 84 valence electrons. The highest BCUT2D eigenvalue weighted by atomic mass is 19.1. The molecule has 4 heteroatoms. The first kappa shape index (κ1) is 10.7. The number of hydrogen-bond donors (Lipinski definition) is 0. The van der Waals surface area contributed by atoms with Crippen molar-refractivity contribution in [2.24, 2.45) is 0 Å². The van der Waals surface area contributed by atoms with Gasteiger partial charge in [0, 0.05) is 6.07 Å². The lowest BCUT2D eigenvalue weighted by Crippen LogP contribution is -1.96. The molecule has 0 fully saturated rings. The summed E-state index contributed by atoms with van der Waals surface area (Å²) >= 11 is 0. The SMILES string of the molecule is Cc1ccc(COc2ccc(F)cc2F)o1. The monoisotopic (exact) mass is 224 g/mol. The van der Waals surface area contributed by atoms with Gasteiger partial charge in [-0.25, -0.2) is 8.78 Å². The van der Waals surface area contributed by atoms with Crippen LogP contribution in [0, 0.1) is 18.6 Å². The van der Waals surface area contributed by atoms with Gasteiger partial charge in [-0.2, -0.15) is 0 Å². The van der Waals surface area contributed by atoms with Crippen LogP contribution in [0.3, 0.4) is 0 Å². The fourth-order valence-electron chi connectivity index (χ4n) is 1.30. The maximum Gasteiger partial charge on any atom is 0.167 e. The van der Waals surface area contributed by atoms with Crippen molar-refractivity contribution < 1.29 is 17.9 Å². The van der Waals surface area contributed by atoms with Gasteiger partial charge in [0.2, 0.25) is 0 Å². The van der Waals surface area contributed by atoms with Gasteiger partial charge in [0.1, 0.15) is 23.9 Å². The average Bonchev–Trinajstić information content (AvgIpc) is 2.63. The van der Waals surface area contributed by atoms with E-state index in [9.17, 15) is 8.78 Å². The van der Waals surface area contributed by atoms with E-state index in [4.69, 9.17) is 9.15 Å². The summed E-state index contributed by atoms with van der Waals surface area (Å²) in [6.07, 6.45) is 0. The number of aryl methyl sites for hydroxylation is 1. The Bertz CT molecular complexity index is 492. The molecule has 16 heavy (non-hydrogen) atoms. The van der Waals surface area contributed by atoms with E-state index in [0.29, 0.717) is 5.76 Å². The van der Waals surface area contributed by atoms with Crippen LogP contribution in [-0.2, 0) is 6.61 Å². The van der Waals surface area contributed by atoms with Crippen LogP contribution < -0.4 is 4.74 Å². The van der Waals surface area contributed by atoms with E-state index < -0.39 is 11.6 Å². The molecule has 0 bridgehead atoms. The Morgan fingerprint density at radius 3 is 2.62 bits per heavy atom. The fourth-order valence-corrected chi connectivity index (χ4v) is 1.30. The van der Waals surface area contributed by atoms with Crippen LogP contribution in [0.1, 0.15) is 11.5 Å². The molecule has 0 unspecified atom stereocenters. The molecular formula is C12H10F2O2.